The minimum absolute atomic E-state index is 0.0243. The first kappa shape index (κ1) is 16.1. The first-order valence-electron chi connectivity index (χ1n) is 7.56. The molecule has 0 radical (unpaired) electrons. The van der Waals surface area contributed by atoms with E-state index in [0.717, 1.165) is 11.1 Å². The molecule has 1 aliphatic rings. The number of phenols is 2. The van der Waals surface area contributed by atoms with Gasteiger partial charge in [-0.25, -0.2) is 0 Å². The summed E-state index contributed by atoms with van der Waals surface area (Å²) in [6, 6.07) is 6.82. The second-order valence-electron chi connectivity index (χ2n) is 5.56. The van der Waals surface area contributed by atoms with Crippen LogP contribution in [0.25, 0.3) is 0 Å². The molecule has 0 saturated carbocycles. The summed E-state index contributed by atoms with van der Waals surface area (Å²) in [4.78, 5) is 0. The van der Waals surface area contributed by atoms with E-state index < -0.39 is 0 Å². The highest BCUT2D eigenvalue weighted by Crippen LogP contribution is 2.47. The molecular formula is C18H20O6. The number of benzene rings is 2. The molecule has 0 bridgehead atoms. The van der Waals surface area contributed by atoms with Crippen LogP contribution in [0.4, 0.5) is 0 Å². The van der Waals surface area contributed by atoms with Crippen LogP contribution in [0.2, 0.25) is 0 Å². The van der Waals surface area contributed by atoms with E-state index in [9.17, 15) is 10.2 Å². The van der Waals surface area contributed by atoms with Crippen LogP contribution < -0.4 is 18.9 Å². The molecule has 0 aromatic heterocycles. The number of aromatic hydroxyl groups is 2. The lowest BCUT2D eigenvalue weighted by Gasteiger charge is -2.28. The van der Waals surface area contributed by atoms with Gasteiger partial charge in [-0.2, -0.15) is 0 Å². The quantitative estimate of drug-likeness (QED) is 0.896. The molecule has 1 unspecified atom stereocenters. The van der Waals surface area contributed by atoms with Crippen molar-refractivity contribution in [3.8, 4) is 34.5 Å². The van der Waals surface area contributed by atoms with Gasteiger partial charge in [0.1, 0.15) is 0 Å². The Balaban J connectivity index is 2.00. The zero-order valence-corrected chi connectivity index (χ0v) is 13.8. The fourth-order valence-corrected chi connectivity index (χ4v) is 3.11. The molecule has 6 nitrogen and oxygen atoms in total. The van der Waals surface area contributed by atoms with Gasteiger partial charge in [-0.1, -0.05) is 12.1 Å². The van der Waals surface area contributed by atoms with E-state index in [1.54, 1.807) is 19.2 Å². The van der Waals surface area contributed by atoms with Crippen molar-refractivity contribution in [2.75, 3.05) is 27.9 Å². The molecule has 1 heterocycles. The van der Waals surface area contributed by atoms with Crippen LogP contribution in [-0.4, -0.2) is 38.1 Å². The number of methoxy groups -OCH3 is 3. The van der Waals surface area contributed by atoms with Crippen molar-refractivity contribution in [1.82, 2.24) is 0 Å². The summed E-state index contributed by atoms with van der Waals surface area (Å²) in [6.45, 7) is 0.400. The van der Waals surface area contributed by atoms with Crippen molar-refractivity contribution in [2.45, 2.75) is 12.3 Å². The van der Waals surface area contributed by atoms with Crippen molar-refractivity contribution in [2.24, 2.45) is 0 Å². The Hall–Kier alpha value is -2.76. The molecule has 0 fully saturated rings. The van der Waals surface area contributed by atoms with Crippen LogP contribution in [0.5, 0.6) is 34.5 Å². The standard InChI is InChI=1S/C18H20O6/c1-21-16-12(5-7-14(20)18(16)23-3)11-8-10-4-6-13(19)17(22-2)15(10)24-9-11/h4-7,11,19-20H,8-9H2,1-3H3. The summed E-state index contributed by atoms with van der Waals surface area (Å²) in [5, 5.41) is 19.8. The lowest BCUT2D eigenvalue weighted by molar-refractivity contribution is 0.239. The highest BCUT2D eigenvalue weighted by atomic mass is 16.5. The van der Waals surface area contributed by atoms with E-state index >= 15 is 0 Å². The molecule has 24 heavy (non-hydrogen) atoms. The molecule has 128 valence electrons. The second-order valence-corrected chi connectivity index (χ2v) is 5.56. The largest absolute Gasteiger partial charge is 0.504 e. The average Bonchev–Trinajstić information content (AvgIpc) is 2.60. The summed E-state index contributed by atoms with van der Waals surface area (Å²) < 4.78 is 21.8. The van der Waals surface area contributed by atoms with E-state index in [1.807, 2.05) is 12.1 Å². The topological polar surface area (TPSA) is 77.4 Å². The summed E-state index contributed by atoms with van der Waals surface area (Å²) in [5.41, 5.74) is 1.83. The van der Waals surface area contributed by atoms with E-state index in [4.69, 9.17) is 18.9 Å². The highest BCUT2D eigenvalue weighted by Gasteiger charge is 2.29. The molecule has 0 saturated heterocycles. The molecule has 2 aromatic rings. The van der Waals surface area contributed by atoms with Crippen LogP contribution in [0.15, 0.2) is 24.3 Å². The summed E-state index contributed by atoms with van der Waals surface area (Å²) >= 11 is 0. The van der Waals surface area contributed by atoms with Gasteiger partial charge in [0, 0.05) is 11.5 Å². The van der Waals surface area contributed by atoms with Crippen LogP contribution in [0.3, 0.4) is 0 Å². The third kappa shape index (κ3) is 2.54. The lowest BCUT2D eigenvalue weighted by atomic mass is 9.89. The Morgan fingerprint density at radius 3 is 2.17 bits per heavy atom. The lowest BCUT2D eigenvalue weighted by Crippen LogP contribution is -2.20. The molecule has 2 N–H and O–H groups in total. The van der Waals surface area contributed by atoms with Crippen molar-refractivity contribution in [3.05, 3.63) is 35.4 Å². The molecule has 1 atom stereocenters. The summed E-state index contributed by atoms with van der Waals surface area (Å²) in [5.74, 6) is 1.83. The van der Waals surface area contributed by atoms with E-state index in [-0.39, 0.29) is 17.4 Å². The molecule has 0 amide bonds. The van der Waals surface area contributed by atoms with E-state index in [0.29, 0.717) is 36.0 Å². The smallest absolute Gasteiger partial charge is 0.203 e. The zero-order valence-electron chi connectivity index (χ0n) is 13.8. The van der Waals surface area contributed by atoms with E-state index in [1.165, 1.54) is 14.2 Å². The van der Waals surface area contributed by atoms with Crippen molar-refractivity contribution >= 4 is 0 Å². The Morgan fingerprint density at radius 1 is 0.875 bits per heavy atom. The van der Waals surface area contributed by atoms with E-state index in [2.05, 4.69) is 0 Å². The van der Waals surface area contributed by atoms with Crippen LogP contribution in [0, 0.1) is 0 Å². The van der Waals surface area contributed by atoms with Crippen LogP contribution >= 0.6 is 0 Å². The predicted molar refractivity (Wildman–Crippen MR) is 87.8 cm³/mol. The Bertz CT molecular complexity index is 756. The SMILES string of the molecule is COc1c(O)ccc2c1OCC(c1ccc(O)c(OC)c1OC)C2. The molecular weight excluding hydrogens is 312 g/mol. The van der Waals surface area contributed by atoms with Gasteiger partial charge in [0.15, 0.2) is 23.0 Å². The maximum atomic E-state index is 9.92. The summed E-state index contributed by atoms with van der Waals surface area (Å²) in [6.07, 6.45) is 0.691. The maximum Gasteiger partial charge on any atom is 0.203 e. The fraction of sp³-hybridized carbons (Fsp3) is 0.333. The number of hydrogen-bond acceptors (Lipinski definition) is 6. The molecule has 0 aliphatic carbocycles. The average molecular weight is 332 g/mol. The van der Waals surface area contributed by atoms with Crippen LogP contribution in [-0.2, 0) is 6.42 Å². The number of ether oxygens (including phenoxy) is 4. The van der Waals surface area contributed by atoms with Crippen molar-refractivity contribution in [3.63, 3.8) is 0 Å². The minimum atomic E-state index is 0.0243. The Morgan fingerprint density at radius 2 is 1.50 bits per heavy atom. The first-order chi connectivity index (χ1) is 11.6. The van der Waals surface area contributed by atoms with Gasteiger partial charge in [0.2, 0.25) is 11.5 Å². The number of rotatable bonds is 4. The van der Waals surface area contributed by atoms with Crippen molar-refractivity contribution < 1.29 is 29.2 Å². The fourth-order valence-electron chi connectivity index (χ4n) is 3.11. The number of fused-ring (bicyclic) bond motifs is 1. The second kappa shape index (κ2) is 6.39. The summed E-state index contributed by atoms with van der Waals surface area (Å²) in [7, 11) is 4.53. The van der Waals surface area contributed by atoms with Gasteiger partial charge in [-0.15, -0.1) is 0 Å². The van der Waals surface area contributed by atoms with Gasteiger partial charge in [-0.3, -0.25) is 0 Å². The third-order valence-corrected chi connectivity index (χ3v) is 4.24. The first-order valence-corrected chi connectivity index (χ1v) is 7.56. The molecule has 6 heteroatoms. The third-order valence-electron chi connectivity index (χ3n) is 4.24. The maximum absolute atomic E-state index is 9.92. The van der Waals surface area contributed by atoms with Gasteiger partial charge in [0.05, 0.1) is 27.9 Å². The highest BCUT2D eigenvalue weighted by molar-refractivity contribution is 5.59. The van der Waals surface area contributed by atoms with Gasteiger partial charge < -0.3 is 29.2 Å². The minimum Gasteiger partial charge on any atom is -0.504 e. The van der Waals surface area contributed by atoms with Gasteiger partial charge in [0.25, 0.3) is 0 Å². The number of hydrogen-bond donors (Lipinski definition) is 2. The molecule has 0 spiro atoms. The normalized spacial score (nSPS) is 16.0. The molecule has 1 aliphatic heterocycles. The molecule has 2 aromatic carbocycles. The van der Waals surface area contributed by atoms with Gasteiger partial charge in [-0.05, 0) is 24.1 Å². The monoisotopic (exact) mass is 332 g/mol. The van der Waals surface area contributed by atoms with Crippen molar-refractivity contribution in [1.29, 1.82) is 0 Å². The predicted octanol–water partition coefficient (Wildman–Crippen LogP) is 2.84. The Kier molecular flexibility index (Phi) is 4.29. The number of phenolic OH excluding ortho intramolecular Hbond substituents is 2. The molecule has 3 rings (SSSR count). The Labute approximate surface area is 140 Å². The van der Waals surface area contributed by atoms with Gasteiger partial charge >= 0.3 is 0 Å². The zero-order chi connectivity index (χ0) is 17.3. The van der Waals surface area contributed by atoms with Crippen LogP contribution in [0.1, 0.15) is 17.0 Å².